The van der Waals surface area contributed by atoms with Gasteiger partial charge in [0.25, 0.3) is 0 Å². The molecular weight excluding hydrogens is 404 g/mol. The van der Waals surface area contributed by atoms with Crippen LogP contribution < -0.4 is 10.6 Å². The van der Waals surface area contributed by atoms with E-state index in [4.69, 9.17) is 0 Å². The lowest BCUT2D eigenvalue weighted by Gasteiger charge is -2.39. The molecular formula is C24H36N6S. The van der Waals surface area contributed by atoms with Crippen molar-refractivity contribution < 1.29 is 0 Å². The van der Waals surface area contributed by atoms with Crippen molar-refractivity contribution in [1.82, 2.24) is 25.4 Å². The molecule has 31 heavy (non-hydrogen) atoms. The van der Waals surface area contributed by atoms with E-state index in [1.54, 1.807) is 0 Å². The second-order valence-electron chi connectivity index (χ2n) is 8.81. The van der Waals surface area contributed by atoms with Crippen LogP contribution in [-0.4, -0.2) is 67.1 Å². The van der Waals surface area contributed by atoms with Gasteiger partial charge in [-0.05, 0) is 68.8 Å². The number of guanidine groups is 1. The molecule has 0 spiro atoms. The Morgan fingerprint density at radius 2 is 2.03 bits per heavy atom. The minimum absolute atomic E-state index is 0.480. The van der Waals surface area contributed by atoms with Crippen LogP contribution in [0.15, 0.2) is 46.9 Å². The molecule has 4 rings (SSSR count). The number of nitrogens with one attached hydrogen (secondary N) is 2. The van der Waals surface area contributed by atoms with Crippen LogP contribution in [0.2, 0.25) is 0 Å². The van der Waals surface area contributed by atoms with Crippen molar-refractivity contribution in [3.8, 4) is 0 Å². The van der Waals surface area contributed by atoms with Crippen LogP contribution in [0.4, 0.5) is 0 Å². The van der Waals surface area contributed by atoms with E-state index in [1.165, 1.54) is 24.3 Å². The number of likely N-dealkylation sites (tertiary alicyclic amines) is 2. The molecule has 0 aliphatic carbocycles. The molecule has 2 aromatic rings. The largest absolute Gasteiger partial charge is 0.356 e. The number of hydrogen-bond acceptors (Lipinski definition) is 5. The average molecular weight is 441 g/mol. The van der Waals surface area contributed by atoms with E-state index < -0.39 is 0 Å². The summed E-state index contributed by atoms with van der Waals surface area (Å²) in [5.74, 6) is 1.55. The Morgan fingerprint density at radius 1 is 1.16 bits per heavy atom. The van der Waals surface area contributed by atoms with Gasteiger partial charge in [-0.25, -0.2) is 0 Å². The Bertz CT molecular complexity index is 801. The third-order valence-electron chi connectivity index (χ3n) is 6.64. The zero-order valence-corrected chi connectivity index (χ0v) is 19.7. The molecule has 4 heterocycles. The molecule has 2 aliphatic heterocycles. The third kappa shape index (κ3) is 6.05. The fourth-order valence-electron chi connectivity index (χ4n) is 4.95. The molecule has 6 nitrogen and oxygen atoms in total. The summed E-state index contributed by atoms with van der Waals surface area (Å²) in [4.78, 5) is 15.5. The molecule has 2 N–H and O–H groups in total. The summed E-state index contributed by atoms with van der Waals surface area (Å²) in [5, 5.41) is 9.52. The van der Waals surface area contributed by atoms with Gasteiger partial charge in [0.05, 0.1) is 5.69 Å². The minimum atomic E-state index is 0.480. The number of rotatable bonds is 6. The highest BCUT2D eigenvalue weighted by Gasteiger charge is 2.31. The molecule has 0 bridgehead atoms. The number of aromatic nitrogens is 1. The molecule has 2 atom stereocenters. The lowest BCUT2D eigenvalue weighted by atomic mass is 9.88. The summed E-state index contributed by atoms with van der Waals surface area (Å²) < 4.78 is 0. The molecule has 0 amide bonds. The van der Waals surface area contributed by atoms with Gasteiger partial charge < -0.3 is 10.6 Å². The Kier molecular flexibility index (Phi) is 7.94. The second-order valence-corrected chi connectivity index (χ2v) is 9.79. The van der Waals surface area contributed by atoms with Crippen molar-refractivity contribution in [3.05, 3.63) is 52.5 Å². The van der Waals surface area contributed by atoms with E-state index in [0.29, 0.717) is 18.0 Å². The molecule has 0 radical (unpaired) electrons. The van der Waals surface area contributed by atoms with Crippen LogP contribution >= 0.6 is 11.3 Å². The summed E-state index contributed by atoms with van der Waals surface area (Å²) in [6, 6.07) is 11.6. The van der Waals surface area contributed by atoms with Crippen LogP contribution in [0.25, 0.3) is 0 Å². The SMILES string of the molecule is CN=C(NCC1CCCN(C)C1c1cccs1)NC1CCN(Cc2ccccn2)CC1. The van der Waals surface area contributed by atoms with Crippen molar-refractivity contribution in [3.63, 3.8) is 0 Å². The van der Waals surface area contributed by atoms with E-state index in [1.807, 2.05) is 30.6 Å². The molecule has 2 saturated heterocycles. The van der Waals surface area contributed by atoms with Crippen LogP contribution in [0.1, 0.15) is 42.3 Å². The standard InChI is InChI=1S/C24H36N6S/c1-25-24(27-17-19-7-5-13-29(2)23(19)22-9-6-16-31-22)28-20-10-14-30(15-11-20)18-21-8-3-4-12-26-21/h3-4,6,8-9,12,16,19-20,23H,5,7,10-11,13-15,17-18H2,1-2H3,(H2,25,27,28). The van der Waals surface area contributed by atoms with Crippen LogP contribution in [0.3, 0.4) is 0 Å². The number of pyridine rings is 1. The molecule has 168 valence electrons. The normalized spacial score (nSPS) is 24.3. The minimum Gasteiger partial charge on any atom is -0.356 e. The first-order valence-electron chi connectivity index (χ1n) is 11.6. The van der Waals surface area contributed by atoms with Crippen LogP contribution in [0, 0.1) is 5.92 Å². The molecule has 0 aromatic carbocycles. The van der Waals surface area contributed by atoms with Crippen molar-refractivity contribution in [2.45, 2.75) is 44.3 Å². The zero-order valence-electron chi connectivity index (χ0n) is 18.8. The predicted octanol–water partition coefficient (Wildman–Crippen LogP) is 3.36. The third-order valence-corrected chi connectivity index (χ3v) is 7.58. The van der Waals surface area contributed by atoms with Crippen LogP contribution in [-0.2, 0) is 6.54 Å². The molecule has 0 saturated carbocycles. The van der Waals surface area contributed by atoms with Gasteiger partial charge in [0, 0.05) is 56.4 Å². The fourth-order valence-corrected chi connectivity index (χ4v) is 5.94. The van der Waals surface area contributed by atoms with Crippen molar-refractivity contribution in [2.24, 2.45) is 10.9 Å². The van der Waals surface area contributed by atoms with Crippen molar-refractivity contribution in [1.29, 1.82) is 0 Å². The summed E-state index contributed by atoms with van der Waals surface area (Å²) >= 11 is 1.88. The van der Waals surface area contributed by atoms with E-state index in [2.05, 4.69) is 67.1 Å². The highest BCUT2D eigenvalue weighted by atomic mass is 32.1. The topological polar surface area (TPSA) is 55.8 Å². The van der Waals surface area contributed by atoms with E-state index in [9.17, 15) is 0 Å². The maximum absolute atomic E-state index is 4.52. The first-order chi connectivity index (χ1) is 15.2. The van der Waals surface area contributed by atoms with Gasteiger partial charge in [-0.2, -0.15) is 0 Å². The summed E-state index contributed by atoms with van der Waals surface area (Å²) in [7, 11) is 4.15. The molecule has 2 aromatic heterocycles. The molecule has 7 heteroatoms. The highest BCUT2D eigenvalue weighted by molar-refractivity contribution is 7.10. The lowest BCUT2D eigenvalue weighted by molar-refractivity contribution is 0.125. The Labute approximate surface area is 190 Å². The van der Waals surface area contributed by atoms with E-state index >= 15 is 0 Å². The smallest absolute Gasteiger partial charge is 0.191 e. The first kappa shape index (κ1) is 22.2. The molecule has 2 fully saturated rings. The Balaban J connectivity index is 1.24. The average Bonchev–Trinajstić information content (AvgIpc) is 3.33. The quantitative estimate of drug-likeness (QED) is 0.533. The molecule has 2 unspecified atom stereocenters. The maximum atomic E-state index is 4.52. The molecule has 2 aliphatic rings. The van der Waals surface area contributed by atoms with Gasteiger partial charge in [0.1, 0.15) is 0 Å². The van der Waals surface area contributed by atoms with Gasteiger partial charge in [-0.3, -0.25) is 19.8 Å². The lowest BCUT2D eigenvalue weighted by Crippen LogP contribution is -2.50. The second kappa shape index (κ2) is 11.1. The van der Waals surface area contributed by atoms with Crippen molar-refractivity contribution >= 4 is 17.3 Å². The number of thiophene rings is 1. The van der Waals surface area contributed by atoms with Crippen molar-refractivity contribution in [2.75, 3.05) is 40.3 Å². The number of piperidine rings is 2. The summed E-state index contributed by atoms with van der Waals surface area (Å²) in [6.07, 6.45) is 6.69. The Morgan fingerprint density at radius 3 is 2.74 bits per heavy atom. The van der Waals surface area contributed by atoms with Gasteiger partial charge in [-0.15, -0.1) is 11.3 Å². The first-order valence-corrected chi connectivity index (χ1v) is 12.4. The zero-order chi connectivity index (χ0) is 21.5. The number of hydrogen-bond donors (Lipinski definition) is 2. The Hall–Kier alpha value is -1.96. The van der Waals surface area contributed by atoms with E-state index in [-0.39, 0.29) is 0 Å². The monoisotopic (exact) mass is 440 g/mol. The van der Waals surface area contributed by atoms with Crippen LogP contribution in [0.5, 0.6) is 0 Å². The summed E-state index contributed by atoms with van der Waals surface area (Å²) in [5.41, 5.74) is 1.16. The number of nitrogens with zero attached hydrogens (tertiary/aromatic N) is 4. The predicted molar refractivity (Wildman–Crippen MR) is 129 cm³/mol. The van der Waals surface area contributed by atoms with Gasteiger partial charge in [0.2, 0.25) is 0 Å². The summed E-state index contributed by atoms with van der Waals surface area (Å²) in [6.45, 7) is 5.28. The van der Waals surface area contributed by atoms with Gasteiger partial charge in [0.15, 0.2) is 5.96 Å². The van der Waals surface area contributed by atoms with Gasteiger partial charge >= 0.3 is 0 Å². The highest BCUT2D eigenvalue weighted by Crippen LogP contribution is 2.36. The van der Waals surface area contributed by atoms with E-state index in [0.717, 1.165) is 50.7 Å². The maximum Gasteiger partial charge on any atom is 0.191 e. The fraction of sp³-hybridized carbons (Fsp3) is 0.583. The number of aliphatic imine (C=N–C) groups is 1. The van der Waals surface area contributed by atoms with Gasteiger partial charge in [-0.1, -0.05) is 12.1 Å².